The van der Waals surface area contributed by atoms with E-state index in [1.54, 1.807) is 5.57 Å². The van der Waals surface area contributed by atoms with E-state index in [-0.39, 0.29) is 5.60 Å². The quantitative estimate of drug-likeness (QED) is 0.553. The second kappa shape index (κ2) is 7.34. The second-order valence-electron chi connectivity index (χ2n) is 8.28. The van der Waals surface area contributed by atoms with Crippen LogP contribution < -0.4 is 0 Å². The van der Waals surface area contributed by atoms with E-state index in [0.29, 0.717) is 5.92 Å². The van der Waals surface area contributed by atoms with Gasteiger partial charge in [0, 0.05) is 7.11 Å². The number of allylic oxidation sites excluding steroid dienone is 4. The van der Waals surface area contributed by atoms with Crippen LogP contribution in [0.3, 0.4) is 0 Å². The van der Waals surface area contributed by atoms with Crippen LogP contribution in [0, 0.1) is 23.7 Å². The van der Waals surface area contributed by atoms with E-state index in [1.165, 1.54) is 44.1 Å². The van der Waals surface area contributed by atoms with Crippen molar-refractivity contribution in [2.24, 2.45) is 23.7 Å². The van der Waals surface area contributed by atoms with Crippen molar-refractivity contribution in [3.63, 3.8) is 0 Å². The first-order valence-electron chi connectivity index (χ1n) is 9.22. The van der Waals surface area contributed by atoms with Gasteiger partial charge in [0.05, 0.1) is 5.60 Å². The smallest absolute Gasteiger partial charge is 0.0687 e. The Kier molecular flexibility index (Phi) is 5.94. The highest BCUT2D eigenvalue weighted by Gasteiger charge is 2.45. The van der Waals surface area contributed by atoms with E-state index in [2.05, 4.69) is 46.8 Å². The Morgan fingerprint density at radius 3 is 2.82 bits per heavy atom. The standard InChI is InChI=1S/C21H36O/c1-15(2)8-7-9-16(3)18-12-13-21(5,22-6)20-11-10-17(4)19(20)14-18/h8,10,16,18-20H,7,9,11-14H2,1-6H3/t16-,18-,19-,20-,21?/m1/s1. The van der Waals surface area contributed by atoms with Crippen LogP contribution in [0.4, 0.5) is 0 Å². The van der Waals surface area contributed by atoms with E-state index in [0.717, 1.165) is 17.8 Å². The molecule has 1 heteroatoms. The molecule has 0 N–H and O–H groups in total. The van der Waals surface area contributed by atoms with Gasteiger partial charge in [-0.05, 0) is 89.9 Å². The number of hydrogen-bond donors (Lipinski definition) is 0. The third-order valence-corrected chi connectivity index (χ3v) is 6.56. The van der Waals surface area contributed by atoms with Crippen molar-refractivity contribution < 1.29 is 4.74 Å². The molecule has 0 aliphatic heterocycles. The Balaban J connectivity index is 2.05. The number of rotatable bonds is 5. The Morgan fingerprint density at radius 1 is 1.45 bits per heavy atom. The lowest BCUT2D eigenvalue weighted by Crippen LogP contribution is -2.38. The fourth-order valence-corrected chi connectivity index (χ4v) is 4.71. The summed E-state index contributed by atoms with van der Waals surface area (Å²) in [4.78, 5) is 0. The summed E-state index contributed by atoms with van der Waals surface area (Å²) in [5.41, 5.74) is 3.15. The van der Waals surface area contributed by atoms with Crippen LogP contribution in [0.5, 0.6) is 0 Å². The molecule has 0 bridgehead atoms. The number of ether oxygens (including phenoxy) is 1. The minimum atomic E-state index is 0.0767. The van der Waals surface area contributed by atoms with E-state index < -0.39 is 0 Å². The minimum absolute atomic E-state index is 0.0767. The van der Waals surface area contributed by atoms with Crippen LogP contribution in [0.15, 0.2) is 23.3 Å². The van der Waals surface area contributed by atoms with Crippen molar-refractivity contribution >= 4 is 0 Å². The summed E-state index contributed by atoms with van der Waals surface area (Å²) in [6, 6.07) is 0. The maximum atomic E-state index is 6.02. The highest BCUT2D eigenvalue weighted by atomic mass is 16.5. The molecule has 1 fully saturated rings. The Labute approximate surface area is 138 Å². The van der Waals surface area contributed by atoms with E-state index in [9.17, 15) is 0 Å². The normalized spacial score (nSPS) is 36.3. The molecule has 0 radical (unpaired) electrons. The molecule has 0 aromatic heterocycles. The largest absolute Gasteiger partial charge is 0.378 e. The average molecular weight is 305 g/mol. The van der Waals surface area contributed by atoms with Gasteiger partial charge in [-0.1, -0.05) is 30.2 Å². The van der Waals surface area contributed by atoms with Crippen molar-refractivity contribution in [3.05, 3.63) is 23.3 Å². The summed E-state index contributed by atoms with van der Waals surface area (Å²) < 4.78 is 6.02. The third kappa shape index (κ3) is 3.85. The van der Waals surface area contributed by atoms with Crippen LogP contribution in [-0.2, 0) is 4.74 Å². The zero-order chi connectivity index (χ0) is 16.3. The van der Waals surface area contributed by atoms with Gasteiger partial charge in [0.15, 0.2) is 0 Å². The van der Waals surface area contributed by atoms with Crippen molar-refractivity contribution in [1.82, 2.24) is 0 Å². The van der Waals surface area contributed by atoms with Crippen LogP contribution in [-0.4, -0.2) is 12.7 Å². The van der Waals surface area contributed by atoms with Crippen LogP contribution in [0.2, 0.25) is 0 Å². The maximum absolute atomic E-state index is 6.02. The molecule has 0 spiro atoms. The molecule has 0 aromatic rings. The Bertz CT molecular complexity index is 429. The minimum Gasteiger partial charge on any atom is -0.378 e. The SMILES string of the molecule is COC1(C)CC[C@@H]([C@H](C)CCC=C(C)C)C[C@@H]2C(C)=CC[C@H]21. The number of methoxy groups -OCH3 is 1. The molecule has 126 valence electrons. The highest BCUT2D eigenvalue weighted by molar-refractivity contribution is 5.17. The zero-order valence-corrected chi connectivity index (χ0v) is 15.6. The van der Waals surface area contributed by atoms with Gasteiger partial charge in [-0.2, -0.15) is 0 Å². The molecule has 1 unspecified atom stereocenters. The van der Waals surface area contributed by atoms with Gasteiger partial charge < -0.3 is 4.74 Å². The van der Waals surface area contributed by atoms with Gasteiger partial charge in [0.1, 0.15) is 0 Å². The summed E-state index contributed by atoms with van der Waals surface area (Å²) in [6.45, 7) is 11.6. The average Bonchev–Trinajstić information content (AvgIpc) is 2.76. The molecule has 0 amide bonds. The van der Waals surface area contributed by atoms with Crippen LogP contribution in [0.25, 0.3) is 0 Å². The summed E-state index contributed by atoms with van der Waals surface area (Å²) in [6.07, 6.45) is 12.6. The van der Waals surface area contributed by atoms with Gasteiger partial charge in [0.25, 0.3) is 0 Å². The summed E-state index contributed by atoms with van der Waals surface area (Å²) in [7, 11) is 1.92. The zero-order valence-electron chi connectivity index (χ0n) is 15.6. The van der Waals surface area contributed by atoms with E-state index >= 15 is 0 Å². The molecule has 2 aliphatic carbocycles. The molecule has 2 aliphatic rings. The Hall–Kier alpha value is -0.560. The molecular weight excluding hydrogens is 268 g/mol. The molecule has 2 rings (SSSR count). The van der Waals surface area contributed by atoms with Gasteiger partial charge in [-0.25, -0.2) is 0 Å². The monoisotopic (exact) mass is 304 g/mol. The summed E-state index contributed by atoms with van der Waals surface area (Å²) in [5.74, 6) is 3.14. The second-order valence-corrected chi connectivity index (χ2v) is 8.28. The molecule has 0 saturated heterocycles. The first-order chi connectivity index (χ1) is 10.4. The molecular formula is C21H36O. The molecule has 22 heavy (non-hydrogen) atoms. The maximum Gasteiger partial charge on any atom is 0.0687 e. The van der Waals surface area contributed by atoms with Gasteiger partial charge in [0.2, 0.25) is 0 Å². The Morgan fingerprint density at radius 2 is 2.18 bits per heavy atom. The topological polar surface area (TPSA) is 9.23 Å². The first-order valence-corrected chi connectivity index (χ1v) is 9.22. The van der Waals surface area contributed by atoms with E-state index in [4.69, 9.17) is 4.74 Å². The summed E-state index contributed by atoms with van der Waals surface area (Å²) in [5, 5.41) is 0. The fraction of sp³-hybridized carbons (Fsp3) is 0.810. The lowest BCUT2D eigenvalue weighted by atomic mass is 9.76. The number of fused-ring (bicyclic) bond motifs is 1. The first kappa shape index (κ1) is 17.8. The fourth-order valence-electron chi connectivity index (χ4n) is 4.71. The van der Waals surface area contributed by atoms with Gasteiger partial charge >= 0.3 is 0 Å². The van der Waals surface area contributed by atoms with Crippen LogP contribution in [0.1, 0.15) is 73.1 Å². The summed E-state index contributed by atoms with van der Waals surface area (Å²) >= 11 is 0. The third-order valence-electron chi connectivity index (χ3n) is 6.56. The van der Waals surface area contributed by atoms with Crippen molar-refractivity contribution in [2.75, 3.05) is 7.11 Å². The van der Waals surface area contributed by atoms with Crippen LogP contribution >= 0.6 is 0 Å². The lowest BCUT2D eigenvalue weighted by molar-refractivity contribution is -0.0551. The van der Waals surface area contributed by atoms with Crippen molar-refractivity contribution in [2.45, 2.75) is 78.7 Å². The van der Waals surface area contributed by atoms with Gasteiger partial charge in [-0.3, -0.25) is 0 Å². The molecule has 0 aromatic carbocycles. The van der Waals surface area contributed by atoms with Crippen molar-refractivity contribution in [1.29, 1.82) is 0 Å². The molecule has 5 atom stereocenters. The molecule has 0 heterocycles. The van der Waals surface area contributed by atoms with Crippen molar-refractivity contribution in [3.8, 4) is 0 Å². The lowest BCUT2D eigenvalue weighted by Gasteiger charge is -2.36. The highest BCUT2D eigenvalue weighted by Crippen LogP contribution is 2.50. The number of hydrogen-bond acceptors (Lipinski definition) is 1. The molecule has 1 nitrogen and oxygen atoms in total. The molecule has 1 saturated carbocycles. The predicted molar refractivity (Wildman–Crippen MR) is 95.9 cm³/mol. The predicted octanol–water partition coefficient (Wildman–Crippen LogP) is 6.16. The van der Waals surface area contributed by atoms with E-state index in [1.807, 2.05) is 7.11 Å². The van der Waals surface area contributed by atoms with Gasteiger partial charge in [-0.15, -0.1) is 0 Å².